The van der Waals surface area contributed by atoms with Gasteiger partial charge in [-0.2, -0.15) is 0 Å². The van der Waals surface area contributed by atoms with Gasteiger partial charge in [0.15, 0.2) is 18.2 Å². The molecule has 5 atom stereocenters. The molecular formula is C22H27NO10. The molecule has 1 saturated heterocycles. The van der Waals surface area contributed by atoms with Crippen LogP contribution >= 0.6 is 0 Å². The predicted octanol–water partition coefficient (Wildman–Crippen LogP) is 1.20. The second kappa shape index (κ2) is 12.0. The Kier molecular flexibility index (Phi) is 9.34. The Hall–Kier alpha value is -3.47. The standard InChI is InChI=1S/C22H27NO10/c1-12(24)29-11-18-20(30-13(2)25)21(31-14(3)26)19(22(33-18)32-15(4)27)23-10-16-6-8-17(28-5)9-7-16/h6-10,18-22H,11H2,1-5H3/t18-,19+,20+,21+,22-/m1/s1. The first-order valence-electron chi connectivity index (χ1n) is 10.1. The van der Waals surface area contributed by atoms with Crippen LogP contribution in [-0.2, 0) is 42.9 Å². The van der Waals surface area contributed by atoms with E-state index in [1.807, 2.05) is 0 Å². The zero-order valence-electron chi connectivity index (χ0n) is 19.0. The molecule has 0 saturated carbocycles. The molecule has 0 aliphatic carbocycles. The van der Waals surface area contributed by atoms with E-state index >= 15 is 0 Å². The number of benzene rings is 1. The highest BCUT2D eigenvalue weighted by Gasteiger charge is 2.51. The Bertz CT molecular complexity index is 882. The van der Waals surface area contributed by atoms with Crippen LogP contribution in [0.5, 0.6) is 5.75 Å². The first-order chi connectivity index (χ1) is 15.6. The van der Waals surface area contributed by atoms with Crippen LogP contribution in [0.25, 0.3) is 0 Å². The highest BCUT2D eigenvalue weighted by molar-refractivity contribution is 5.80. The zero-order chi connectivity index (χ0) is 24.5. The first kappa shape index (κ1) is 25.8. The van der Waals surface area contributed by atoms with Crippen molar-refractivity contribution < 1.29 is 47.6 Å². The largest absolute Gasteiger partial charge is 0.497 e. The number of carbonyl (C=O) groups excluding carboxylic acids is 4. The summed E-state index contributed by atoms with van der Waals surface area (Å²) in [6.45, 7) is 4.37. The fourth-order valence-corrected chi connectivity index (χ4v) is 3.17. The van der Waals surface area contributed by atoms with Crippen molar-refractivity contribution in [1.29, 1.82) is 0 Å². The van der Waals surface area contributed by atoms with Crippen molar-refractivity contribution in [2.45, 2.75) is 58.3 Å². The summed E-state index contributed by atoms with van der Waals surface area (Å²) in [5.41, 5.74) is 0.671. The highest BCUT2D eigenvalue weighted by Crippen LogP contribution is 2.30. The van der Waals surface area contributed by atoms with Crippen LogP contribution in [0.4, 0.5) is 0 Å². The number of ether oxygens (including phenoxy) is 6. The van der Waals surface area contributed by atoms with Gasteiger partial charge < -0.3 is 28.4 Å². The summed E-state index contributed by atoms with van der Waals surface area (Å²) in [5.74, 6) is -2.00. The van der Waals surface area contributed by atoms with E-state index in [4.69, 9.17) is 28.4 Å². The average Bonchev–Trinajstić information content (AvgIpc) is 2.73. The lowest BCUT2D eigenvalue weighted by atomic mass is 9.96. The van der Waals surface area contributed by atoms with Gasteiger partial charge in [-0.1, -0.05) is 0 Å². The molecule has 0 N–H and O–H groups in total. The summed E-state index contributed by atoms with van der Waals surface area (Å²) in [7, 11) is 1.54. The number of carbonyl (C=O) groups is 4. The highest BCUT2D eigenvalue weighted by atomic mass is 16.7. The van der Waals surface area contributed by atoms with E-state index < -0.39 is 54.5 Å². The maximum Gasteiger partial charge on any atom is 0.305 e. The summed E-state index contributed by atoms with van der Waals surface area (Å²) < 4.78 is 32.0. The van der Waals surface area contributed by atoms with E-state index in [1.165, 1.54) is 41.0 Å². The molecule has 2 rings (SSSR count). The van der Waals surface area contributed by atoms with E-state index in [-0.39, 0.29) is 6.61 Å². The smallest absolute Gasteiger partial charge is 0.305 e. The molecule has 1 aromatic carbocycles. The predicted molar refractivity (Wildman–Crippen MR) is 113 cm³/mol. The molecule has 1 aliphatic heterocycles. The van der Waals surface area contributed by atoms with Gasteiger partial charge in [0.2, 0.25) is 6.29 Å². The first-order valence-corrected chi connectivity index (χ1v) is 10.1. The Labute approximate surface area is 190 Å². The third kappa shape index (κ3) is 7.86. The molecule has 0 unspecified atom stereocenters. The number of hydrogen-bond acceptors (Lipinski definition) is 11. The van der Waals surface area contributed by atoms with Crippen LogP contribution in [0, 0.1) is 0 Å². The maximum atomic E-state index is 11.9. The Morgan fingerprint density at radius 3 is 1.97 bits per heavy atom. The second-order valence-electron chi connectivity index (χ2n) is 7.14. The summed E-state index contributed by atoms with van der Waals surface area (Å²) in [5, 5.41) is 0. The number of hydrogen-bond donors (Lipinski definition) is 0. The van der Waals surface area contributed by atoms with Gasteiger partial charge in [-0.15, -0.1) is 0 Å². The Morgan fingerprint density at radius 2 is 1.45 bits per heavy atom. The van der Waals surface area contributed by atoms with Crippen molar-refractivity contribution in [3.05, 3.63) is 29.8 Å². The average molecular weight is 465 g/mol. The number of esters is 4. The molecule has 1 aliphatic rings. The zero-order valence-corrected chi connectivity index (χ0v) is 19.0. The van der Waals surface area contributed by atoms with E-state index in [9.17, 15) is 19.2 Å². The molecule has 33 heavy (non-hydrogen) atoms. The molecule has 0 radical (unpaired) electrons. The second-order valence-corrected chi connectivity index (χ2v) is 7.14. The van der Waals surface area contributed by atoms with Crippen LogP contribution in [0.3, 0.4) is 0 Å². The molecule has 1 heterocycles. The van der Waals surface area contributed by atoms with Crippen molar-refractivity contribution >= 4 is 30.1 Å². The minimum absolute atomic E-state index is 0.336. The monoisotopic (exact) mass is 465 g/mol. The van der Waals surface area contributed by atoms with E-state index in [2.05, 4.69) is 4.99 Å². The van der Waals surface area contributed by atoms with E-state index in [0.717, 1.165) is 0 Å². The number of nitrogens with zero attached hydrogens (tertiary/aromatic N) is 1. The topological polar surface area (TPSA) is 136 Å². The van der Waals surface area contributed by atoms with Crippen LogP contribution in [0.15, 0.2) is 29.3 Å². The van der Waals surface area contributed by atoms with Gasteiger partial charge >= 0.3 is 23.9 Å². The number of rotatable bonds is 8. The van der Waals surface area contributed by atoms with Crippen LogP contribution in [-0.4, -0.2) is 74.5 Å². The van der Waals surface area contributed by atoms with Gasteiger partial charge in [0.05, 0.1) is 7.11 Å². The van der Waals surface area contributed by atoms with Crippen LogP contribution < -0.4 is 4.74 Å². The van der Waals surface area contributed by atoms with Gasteiger partial charge in [-0.05, 0) is 29.8 Å². The molecule has 11 heteroatoms. The molecular weight excluding hydrogens is 438 g/mol. The summed E-state index contributed by atoms with van der Waals surface area (Å²) in [4.78, 5) is 51.1. The number of methoxy groups -OCH3 is 1. The molecule has 0 bridgehead atoms. The molecule has 11 nitrogen and oxygen atoms in total. The minimum atomic E-state index is -1.31. The van der Waals surface area contributed by atoms with Crippen LogP contribution in [0.2, 0.25) is 0 Å². The molecule has 1 fully saturated rings. The fourth-order valence-electron chi connectivity index (χ4n) is 3.17. The SMILES string of the molecule is COc1ccc(C=N[C@@H]2[C@H](OC(C)=O)O[C@H](COC(C)=O)[C@H](OC(C)=O)[C@H]2OC(C)=O)cc1. The quantitative estimate of drug-likeness (QED) is 0.313. The van der Waals surface area contributed by atoms with Gasteiger partial charge in [0.1, 0.15) is 18.5 Å². The summed E-state index contributed by atoms with van der Waals surface area (Å²) in [6, 6.07) is 5.84. The van der Waals surface area contributed by atoms with Gasteiger partial charge in [0, 0.05) is 33.9 Å². The van der Waals surface area contributed by atoms with Crippen molar-refractivity contribution in [2.24, 2.45) is 4.99 Å². The van der Waals surface area contributed by atoms with E-state index in [1.54, 1.807) is 24.3 Å². The third-order valence-electron chi connectivity index (χ3n) is 4.46. The minimum Gasteiger partial charge on any atom is -0.497 e. The Balaban J connectivity index is 2.45. The van der Waals surface area contributed by atoms with Crippen molar-refractivity contribution in [3.8, 4) is 5.75 Å². The Morgan fingerprint density at radius 1 is 0.879 bits per heavy atom. The summed E-state index contributed by atoms with van der Waals surface area (Å²) >= 11 is 0. The fraction of sp³-hybridized carbons (Fsp3) is 0.500. The third-order valence-corrected chi connectivity index (χ3v) is 4.46. The maximum absolute atomic E-state index is 11.9. The molecule has 180 valence electrons. The number of aliphatic imine (C=N–C) groups is 1. The van der Waals surface area contributed by atoms with Gasteiger partial charge in [-0.25, -0.2) is 0 Å². The van der Waals surface area contributed by atoms with Gasteiger partial charge in [-0.3, -0.25) is 24.2 Å². The van der Waals surface area contributed by atoms with Crippen LogP contribution in [0.1, 0.15) is 33.3 Å². The van der Waals surface area contributed by atoms with Crippen molar-refractivity contribution in [1.82, 2.24) is 0 Å². The molecule has 0 amide bonds. The lowest BCUT2D eigenvalue weighted by Crippen LogP contribution is -2.61. The van der Waals surface area contributed by atoms with Crippen molar-refractivity contribution in [2.75, 3.05) is 13.7 Å². The lowest BCUT2D eigenvalue weighted by Gasteiger charge is -2.42. The van der Waals surface area contributed by atoms with E-state index in [0.29, 0.717) is 11.3 Å². The van der Waals surface area contributed by atoms with Crippen molar-refractivity contribution in [3.63, 3.8) is 0 Å². The normalized spacial score (nSPS) is 24.6. The summed E-state index contributed by atoms with van der Waals surface area (Å²) in [6.07, 6.45) is -3.31. The lowest BCUT2D eigenvalue weighted by molar-refractivity contribution is -0.266. The van der Waals surface area contributed by atoms with Gasteiger partial charge in [0.25, 0.3) is 0 Å². The molecule has 0 spiro atoms. The molecule has 1 aromatic rings. The molecule has 0 aromatic heterocycles.